The number of hydrogen-bond donors (Lipinski definition) is 2. The minimum atomic E-state index is -1.08. The first kappa shape index (κ1) is 16.5. The maximum Gasteiger partial charge on any atom is 0.335 e. The van der Waals surface area contributed by atoms with Gasteiger partial charge in [0.25, 0.3) is 5.91 Å². The van der Waals surface area contributed by atoms with Crippen molar-refractivity contribution >= 4 is 23.5 Å². The maximum atomic E-state index is 12.3. The third kappa shape index (κ3) is 3.41. The molecule has 2 N–H and O–H groups in total. The summed E-state index contributed by atoms with van der Waals surface area (Å²) in [6.07, 6.45) is 4.86. The van der Waals surface area contributed by atoms with Crippen LogP contribution in [0.1, 0.15) is 50.7 Å². The summed E-state index contributed by atoms with van der Waals surface area (Å²) in [6, 6.07) is 8.12. The molecular formula is C18H17ClN2O3. The lowest BCUT2D eigenvalue weighted by Gasteiger charge is -2.24. The number of amides is 1. The molecule has 0 fully saturated rings. The van der Waals surface area contributed by atoms with E-state index in [2.05, 4.69) is 16.4 Å². The molecular weight excluding hydrogens is 328 g/mol. The van der Waals surface area contributed by atoms with Gasteiger partial charge in [0.15, 0.2) is 0 Å². The number of aromatic carboxylic acids is 1. The normalized spacial score (nSPS) is 16.3. The number of nitrogens with zero attached hydrogens (tertiary/aromatic N) is 1. The first-order valence-electron chi connectivity index (χ1n) is 7.81. The Balaban J connectivity index is 1.70. The molecule has 1 aromatic carbocycles. The van der Waals surface area contributed by atoms with Crippen LogP contribution < -0.4 is 5.32 Å². The van der Waals surface area contributed by atoms with Gasteiger partial charge in [0.1, 0.15) is 0 Å². The third-order valence-electron chi connectivity index (χ3n) is 4.28. The molecule has 6 heteroatoms. The number of carboxylic acid groups (broad SMARTS) is 1. The largest absolute Gasteiger partial charge is 0.478 e. The van der Waals surface area contributed by atoms with Crippen molar-refractivity contribution in [3.8, 4) is 0 Å². The predicted octanol–water partition coefficient (Wildman–Crippen LogP) is 3.28. The molecule has 5 nitrogen and oxygen atoms in total. The van der Waals surface area contributed by atoms with E-state index < -0.39 is 5.97 Å². The number of pyridine rings is 1. The number of nitrogens with one attached hydrogen (secondary N) is 1. The van der Waals surface area contributed by atoms with Gasteiger partial charge in [-0.3, -0.25) is 9.78 Å². The number of carbonyl (C=O) groups is 2. The van der Waals surface area contributed by atoms with Crippen LogP contribution in [0.4, 0.5) is 0 Å². The van der Waals surface area contributed by atoms with E-state index in [-0.39, 0.29) is 28.0 Å². The van der Waals surface area contributed by atoms with Crippen LogP contribution in [0.5, 0.6) is 0 Å². The minimum Gasteiger partial charge on any atom is -0.478 e. The van der Waals surface area contributed by atoms with Crippen LogP contribution in [-0.2, 0) is 6.42 Å². The molecule has 1 heterocycles. The molecule has 0 saturated heterocycles. The average molecular weight is 345 g/mol. The van der Waals surface area contributed by atoms with E-state index in [4.69, 9.17) is 16.7 Å². The zero-order valence-corrected chi connectivity index (χ0v) is 13.7. The van der Waals surface area contributed by atoms with E-state index in [1.54, 1.807) is 6.20 Å². The van der Waals surface area contributed by atoms with Gasteiger partial charge >= 0.3 is 5.97 Å². The van der Waals surface area contributed by atoms with Crippen LogP contribution in [0.15, 0.2) is 36.5 Å². The van der Waals surface area contributed by atoms with Crippen molar-refractivity contribution in [2.45, 2.75) is 25.2 Å². The molecule has 2 aromatic rings. The molecule has 1 unspecified atom stereocenters. The highest BCUT2D eigenvalue weighted by atomic mass is 35.5. The smallest absolute Gasteiger partial charge is 0.335 e. The van der Waals surface area contributed by atoms with Gasteiger partial charge in [-0.05, 0) is 49.1 Å². The molecule has 24 heavy (non-hydrogen) atoms. The number of aryl methyl sites for hydroxylation is 1. The second-order valence-corrected chi connectivity index (χ2v) is 6.25. The van der Waals surface area contributed by atoms with Crippen molar-refractivity contribution in [3.63, 3.8) is 0 Å². The molecule has 1 aliphatic rings. The second kappa shape index (κ2) is 7.01. The van der Waals surface area contributed by atoms with Gasteiger partial charge in [0.2, 0.25) is 0 Å². The molecule has 0 aliphatic heterocycles. The highest BCUT2D eigenvalue weighted by Gasteiger charge is 2.22. The Morgan fingerprint density at radius 3 is 2.92 bits per heavy atom. The van der Waals surface area contributed by atoms with Crippen LogP contribution in [0.2, 0.25) is 5.02 Å². The number of hydrogen-bond acceptors (Lipinski definition) is 3. The van der Waals surface area contributed by atoms with Crippen molar-refractivity contribution in [1.29, 1.82) is 0 Å². The number of carboxylic acids is 1. The van der Waals surface area contributed by atoms with E-state index in [1.807, 2.05) is 6.07 Å². The van der Waals surface area contributed by atoms with Crippen molar-refractivity contribution in [2.75, 3.05) is 6.54 Å². The van der Waals surface area contributed by atoms with Crippen molar-refractivity contribution in [3.05, 3.63) is 63.9 Å². The van der Waals surface area contributed by atoms with Crippen molar-refractivity contribution in [2.24, 2.45) is 0 Å². The standard InChI is InChI=1S/C18H17ClN2O3/c19-15-9-12(18(23)24)6-7-14(15)17(22)21-10-13-4-1-3-11-5-2-8-20-16(11)13/h2,5-9,13H,1,3-4,10H2,(H,21,22)(H,23,24). The predicted molar refractivity (Wildman–Crippen MR) is 90.7 cm³/mol. The Morgan fingerprint density at radius 2 is 2.17 bits per heavy atom. The van der Waals surface area contributed by atoms with Gasteiger partial charge < -0.3 is 10.4 Å². The Bertz CT molecular complexity index is 792. The summed E-state index contributed by atoms with van der Waals surface area (Å²) in [7, 11) is 0. The van der Waals surface area contributed by atoms with E-state index >= 15 is 0 Å². The molecule has 1 atom stereocenters. The van der Waals surface area contributed by atoms with Crippen LogP contribution >= 0.6 is 11.6 Å². The van der Waals surface area contributed by atoms with Gasteiger partial charge in [-0.1, -0.05) is 17.7 Å². The van der Waals surface area contributed by atoms with Gasteiger partial charge in [0.05, 0.1) is 16.1 Å². The van der Waals surface area contributed by atoms with E-state index in [1.165, 1.54) is 23.8 Å². The average Bonchev–Trinajstić information content (AvgIpc) is 2.59. The molecule has 1 aromatic heterocycles. The van der Waals surface area contributed by atoms with Gasteiger partial charge in [0, 0.05) is 24.4 Å². The Morgan fingerprint density at radius 1 is 1.33 bits per heavy atom. The minimum absolute atomic E-state index is 0.0574. The number of benzene rings is 1. The fourth-order valence-electron chi connectivity index (χ4n) is 3.05. The first-order chi connectivity index (χ1) is 11.6. The summed E-state index contributed by atoms with van der Waals surface area (Å²) < 4.78 is 0. The monoisotopic (exact) mass is 344 g/mol. The third-order valence-corrected chi connectivity index (χ3v) is 4.59. The maximum absolute atomic E-state index is 12.3. The molecule has 1 amide bonds. The van der Waals surface area contributed by atoms with Crippen molar-refractivity contribution in [1.82, 2.24) is 10.3 Å². The fourth-order valence-corrected chi connectivity index (χ4v) is 3.31. The lowest BCUT2D eigenvalue weighted by Crippen LogP contribution is -2.30. The number of rotatable bonds is 4. The van der Waals surface area contributed by atoms with Crippen LogP contribution in [0.25, 0.3) is 0 Å². The van der Waals surface area contributed by atoms with Crippen LogP contribution in [-0.4, -0.2) is 28.5 Å². The Hall–Kier alpha value is -2.40. The van der Waals surface area contributed by atoms with Gasteiger partial charge in [-0.2, -0.15) is 0 Å². The summed E-state index contributed by atoms with van der Waals surface area (Å²) in [5, 5.41) is 12.0. The molecule has 0 spiro atoms. The lowest BCUT2D eigenvalue weighted by atomic mass is 9.86. The van der Waals surface area contributed by atoms with Gasteiger partial charge in [-0.15, -0.1) is 0 Å². The zero-order valence-electron chi connectivity index (χ0n) is 13.0. The summed E-state index contributed by atoms with van der Waals surface area (Å²) >= 11 is 6.03. The summed E-state index contributed by atoms with van der Waals surface area (Å²) in [5.41, 5.74) is 2.63. The molecule has 1 aliphatic carbocycles. The lowest BCUT2D eigenvalue weighted by molar-refractivity contribution is 0.0696. The van der Waals surface area contributed by atoms with E-state index in [0.717, 1.165) is 25.0 Å². The SMILES string of the molecule is O=C(O)c1ccc(C(=O)NCC2CCCc3cccnc32)c(Cl)c1. The topological polar surface area (TPSA) is 79.3 Å². The Labute approximate surface area is 144 Å². The molecule has 0 bridgehead atoms. The summed E-state index contributed by atoms with van der Waals surface area (Å²) in [6.45, 7) is 0.486. The van der Waals surface area contributed by atoms with Gasteiger partial charge in [-0.25, -0.2) is 4.79 Å². The molecule has 124 valence electrons. The first-order valence-corrected chi connectivity index (χ1v) is 8.19. The van der Waals surface area contributed by atoms with E-state index in [0.29, 0.717) is 6.54 Å². The van der Waals surface area contributed by atoms with E-state index in [9.17, 15) is 9.59 Å². The molecule has 0 saturated carbocycles. The second-order valence-electron chi connectivity index (χ2n) is 5.85. The number of carbonyl (C=O) groups excluding carboxylic acids is 1. The fraction of sp³-hybridized carbons (Fsp3) is 0.278. The van der Waals surface area contributed by atoms with Crippen LogP contribution in [0.3, 0.4) is 0 Å². The number of halogens is 1. The highest BCUT2D eigenvalue weighted by molar-refractivity contribution is 6.34. The quantitative estimate of drug-likeness (QED) is 0.892. The molecule has 3 rings (SSSR count). The van der Waals surface area contributed by atoms with Crippen LogP contribution in [0, 0.1) is 0 Å². The molecule has 0 radical (unpaired) electrons. The van der Waals surface area contributed by atoms with Crippen molar-refractivity contribution < 1.29 is 14.7 Å². The number of fused-ring (bicyclic) bond motifs is 1. The summed E-state index contributed by atoms with van der Waals surface area (Å²) in [4.78, 5) is 27.7. The number of aromatic nitrogens is 1. The highest BCUT2D eigenvalue weighted by Crippen LogP contribution is 2.29. The summed E-state index contributed by atoms with van der Waals surface area (Å²) in [5.74, 6) is -1.19. The Kier molecular flexibility index (Phi) is 4.81. The zero-order chi connectivity index (χ0) is 17.1.